The Morgan fingerprint density at radius 3 is 2.67 bits per heavy atom. The molecule has 0 unspecified atom stereocenters. The number of benzene rings is 1. The lowest BCUT2D eigenvalue weighted by Crippen LogP contribution is -2.32. The Morgan fingerprint density at radius 1 is 1.29 bits per heavy atom. The molecule has 1 saturated heterocycles. The minimum Gasteiger partial charge on any atom is -0.352 e. The third-order valence-electron chi connectivity index (χ3n) is 4.53. The SMILES string of the molecule is Cc1ccc(CNC(=O)CC[C@H](C)N2CCCC2)c(C)c1. The molecule has 1 heterocycles. The topological polar surface area (TPSA) is 32.3 Å². The number of aryl methyl sites for hydroxylation is 2. The summed E-state index contributed by atoms with van der Waals surface area (Å²) in [6, 6.07) is 6.90. The van der Waals surface area contributed by atoms with E-state index in [1.165, 1.54) is 42.6 Å². The van der Waals surface area contributed by atoms with Crippen LogP contribution in [0.2, 0.25) is 0 Å². The Bertz CT molecular complexity index is 478. The quantitative estimate of drug-likeness (QED) is 0.872. The van der Waals surface area contributed by atoms with E-state index in [9.17, 15) is 4.79 Å². The summed E-state index contributed by atoms with van der Waals surface area (Å²) in [5.41, 5.74) is 3.73. The molecular formula is C18H28N2O. The smallest absolute Gasteiger partial charge is 0.220 e. The molecule has 1 aromatic rings. The van der Waals surface area contributed by atoms with Crippen molar-refractivity contribution in [1.29, 1.82) is 0 Å². The van der Waals surface area contributed by atoms with Gasteiger partial charge in [0, 0.05) is 19.0 Å². The summed E-state index contributed by atoms with van der Waals surface area (Å²) in [6.45, 7) is 9.47. The highest BCUT2D eigenvalue weighted by Crippen LogP contribution is 2.15. The second-order valence-corrected chi connectivity index (χ2v) is 6.34. The van der Waals surface area contributed by atoms with Crippen LogP contribution in [0.5, 0.6) is 0 Å². The molecule has 1 aromatic carbocycles. The summed E-state index contributed by atoms with van der Waals surface area (Å²) in [5, 5.41) is 3.05. The summed E-state index contributed by atoms with van der Waals surface area (Å²) >= 11 is 0. The van der Waals surface area contributed by atoms with Crippen molar-refractivity contribution in [2.24, 2.45) is 0 Å². The van der Waals surface area contributed by atoms with E-state index in [0.29, 0.717) is 19.0 Å². The van der Waals surface area contributed by atoms with Gasteiger partial charge in [0.05, 0.1) is 0 Å². The lowest BCUT2D eigenvalue weighted by atomic mass is 10.1. The summed E-state index contributed by atoms with van der Waals surface area (Å²) < 4.78 is 0. The number of nitrogens with zero attached hydrogens (tertiary/aromatic N) is 1. The minimum atomic E-state index is 0.168. The molecule has 1 N–H and O–H groups in total. The molecule has 1 amide bonds. The van der Waals surface area contributed by atoms with E-state index < -0.39 is 0 Å². The lowest BCUT2D eigenvalue weighted by Gasteiger charge is -2.23. The van der Waals surface area contributed by atoms with Crippen LogP contribution < -0.4 is 5.32 Å². The standard InChI is InChI=1S/C18H28N2O/c1-14-6-8-17(15(2)12-14)13-19-18(21)9-7-16(3)20-10-4-5-11-20/h6,8,12,16H,4-5,7,9-11,13H2,1-3H3,(H,19,21)/t16-/m0/s1. The first-order chi connectivity index (χ1) is 10.1. The van der Waals surface area contributed by atoms with Gasteiger partial charge < -0.3 is 10.2 Å². The van der Waals surface area contributed by atoms with Crippen LogP contribution in [0, 0.1) is 13.8 Å². The molecule has 0 aliphatic carbocycles. The average Bonchev–Trinajstić information content (AvgIpc) is 2.98. The van der Waals surface area contributed by atoms with Crippen LogP contribution in [0.4, 0.5) is 0 Å². The van der Waals surface area contributed by atoms with Crippen molar-refractivity contribution in [3.05, 3.63) is 34.9 Å². The van der Waals surface area contributed by atoms with Gasteiger partial charge in [-0.05, 0) is 64.3 Å². The average molecular weight is 288 g/mol. The summed E-state index contributed by atoms with van der Waals surface area (Å²) in [5.74, 6) is 0.168. The van der Waals surface area contributed by atoms with E-state index >= 15 is 0 Å². The highest BCUT2D eigenvalue weighted by atomic mass is 16.1. The zero-order valence-corrected chi connectivity index (χ0v) is 13.6. The molecule has 1 fully saturated rings. The molecule has 0 bridgehead atoms. The van der Waals surface area contributed by atoms with Gasteiger partial charge in [0.15, 0.2) is 0 Å². The van der Waals surface area contributed by atoms with Crippen molar-refractivity contribution in [2.75, 3.05) is 13.1 Å². The van der Waals surface area contributed by atoms with Crippen LogP contribution in [0.1, 0.15) is 49.3 Å². The Morgan fingerprint density at radius 2 is 2.00 bits per heavy atom. The molecule has 1 atom stereocenters. The molecular weight excluding hydrogens is 260 g/mol. The first kappa shape index (κ1) is 16.0. The Hall–Kier alpha value is -1.35. The number of hydrogen-bond acceptors (Lipinski definition) is 2. The molecule has 1 aliphatic rings. The van der Waals surface area contributed by atoms with Crippen molar-refractivity contribution < 1.29 is 4.79 Å². The van der Waals surface area contributed by atoms with Gasteiger partial charge in [-0.1, -0.05) is 23.8 Å². The van der Waals surface area contributed by atoms with E-state index in [0.717, 1.165) is 6.42 Å². The molecule has 1 aliphatic heterocycles. The zero-order chi connectivity index (χ0) is 15.2. The van der Waals surface area contributed by atoms with Crippen LogP contribution in [-0.4, -0.2) is 29.9 Å². The third-order valence-corrected chi connectivity index (χ3v) is 4.53. The van der Waals surface area contributed by atoms with Crippen molar-refractivity contribution >= 4 is 5.91 Å². The van der Waals surface area contributed by atoms with E-state index in [-0.39, 0.29) is 5.91 Å². The fourth-order valence-corrected chi connectivity index (χ4v) is 3.03. The van der Waals surface area contributed by atoms with E-state index in [4.69, 9.17) is 0 Å². The maximum Gasteiger partial charge on any atom is 0.220 e. The fraction of sp³-hybridized carbons (Fsp3) is 0.611. The van der Waals surface area contributed by atoms with Gasteiger partial charge in [-0.3, -0.25) is 4.79 Å². The molecule has 21 heavy (non-hydrogen) atoms. The number of amides is 1. The van der Waals surface area contributed by atoms with Gasteiger partial charge in [-0.2, -0.15) is 0 Å². The summed E-state index contributed by atoms with van der Waals surface area (Å²) in [4.78, 5) is 14.5. The first-order valence-corrected chi connectivity index (χ1v) is 8.13. The monoisotopic (exact) mass is 288 g/mol. The minimum absolute atomic E-state index is 0.168. The van der Waals surface area contributed by atoms with Crippen molar-refractivity contribution in [3.63, 3.8) is 0 Å². The predicted octanol–water partition coefficient (Wildman–Crippen LogP) is 3.18. The molecule has 116 valence electrons. The third kappa shape index (κ3) is 4.85. The van der Waals surface area contributed by atoms with Crippen LogP contribution in [0.3, 0.4) is 0 Å². The molecule has 0 spiro atoms. The highest BCUT2D eigenvalue weighted by Gasteiger charge is 2.18. The number of carbonyl (C=O) groups is 1. The van der Waals surface area contributed by atoms with Crippen molar-refractivity contribution in [1.82, 2.24) is 10.2 Å². The largest absolute Gasteiger partial charge is 0.352 e. The van der Waals surface area contributed by atoms with Gasteiger partial charge in [-0.25, -0.2) is 0 Å². The number of carbonyl (C=O) groups excluding carboxylic acids is 1. The van der Waals surface area contributed by atoms with Gasteiger partial charge in [0.2, 0.25) is 5.91 Å². The number of likely N-dealkylation sites (tertiary alicyclic amines) is 1. The number of rotatable bonds is 6. The second-order valence-electron chi connectivity index (χ2n) is 6.34. The predicted molar refractivity (Wildman–Crippen MR) is 87.3 cm³/mol. The molecule has 0 radical (unpaired) electrons. The van der Waals surface area contributed by atoms with Crippen LogP contribution in [0.15, 0.2) is 18.2 Å². The highest BCUT2D eigenvalue weighted by molar-refractivity contribution is 5.75. The van der Waals surface area contributed by atoms with Gasteiger partial charge in [0.25, 0.3) is 0 Å². The van der Waals surface area contributed by atoms with Crippen LogP contribution in [0.25, 0.3) is 0 Å². The van der Waals surface area contributed by atoms with Gasteiger partial charge >= 0.3 is 0 Å². The Labute approximate surface area is 128 Å². The normalized spacial score (nSPS) is 16.9. The summed E-state index contributed by atoms with van der Waals surface area (Å²) in [7, 11) is 0. The molecule has 3 heteroatoms. The molecule has 0 saturated carbocycles. The number of nitrogens with one attached hydrogen (secondary N) is 1. The van der Waals surface area contributed by atoms with Crippen LogP contribution >= 0.6 is 0 Å². The molecule has 2 rings (SSSR count). The maximum absolute atomic E-state index is 12.0. The van der Waals surface area contributed by atoms with Gasteiger partial charge in [-0.15, -0.1) is 0 Å². The van der Waals surface area contributed by atoms with E-state index in [2.05, 4.69) is 49.2 Å². The zero-order valence-electron chi connectivity index (χ0n) is 13.6. The van der Waals surface area contributed by atoms with Crippen molar-refractivity contribution in [3.8, 4) is 0 Å². The fourth-order valence-electron chi connectivity index (χ4n) is 3.03. The number of hydrogen-bond donors (Lipinski definition) is 1. The summed E-state index contributed by atoms with van der Waals surface area (Å²) in [6.07, 6.45) is 4.20. The Kier molecular flexibility index (Phi) is 5.80. The maximum atomic E-state index is 12.0. The first-order valence-electron chi connectivity index (χ1n) is 8.13. The molecule has 3 nitrogen and oxygen atoms in total. The van der Waals surface area contributed by atoms with E-state index in [1.807, 2.05) is 0 Å². The second kappa shape index (κ2) is 7.60. The van der Waals surface area contributed by atoms with E-state index in [1.54, 1.807) is 0 Å². The van der Waals surface area contributed by atoms with Crippen LogP contribution in [-0.2, 0) is 11.3 Å². The van der Waals surface area contributed by atoms with Gasteiger partial charge in [0.1, 0.15) is 0 Å². The van der Waals surface area contributed by atoms with Crippen molar-refractivity contribution in [2.45, 2.75) is 59.0 Å². The lowest BCUT2D eigenvalue weighted by molar-refractivity contribution is -0.121. The Balaban J connectivity index is 1.71. The molecule has 0 aromatic heterocycles.